The molecule has 92 valence electrons. The van der Waals surface area contributed by atoms with Crippen LogP contribution in [-0.4, -0.2) is 24.8 Å². The molecule has 2 N–H and O–H groups in total. The largest absolute Gasteiger partial charge is 0.396 e. The van der Waals surface area contributed by atoms with Crippen molar-refractivity contribution in [2.45, 2.75) is 58.9 Å². The number of unbranched alkanes of at least 4 members (excludes halogenated alkanes) is 1. The van der Waals surface area contributed by atoms with Gasteiger partial charge in [-0.25, -0.2) is 0 Å². The molecule has 0 aromatic heterocycles. The normalized spacial score (nSPS) is 25.2. The number of aliphatic hydroxyl groups is 1. The number of aliphatic hydroxyl groups excluding tert-OH is 1. The standard InChI is InChI=1S/C9H19N.C4H10O/c1-7(2)8-5-4-6-9(8)10-3;1-2-3-4-5/h7-10H,4-6H2,1-3H3;5H,2-4H2,1H3. The first-order valence-corrected chi connectivity index (χ1v) is 6.45. The summed E-state index contributed by atoms with van der Waals surface area (Å²) >= 11 is 0. The van der Waals surface area contributed by atoms with Crippen LogP contribution in [0.5, 0.6) is 0 Å². The van der Waals surface area contributed by atoms with Gasteiger partial charge in [0.05, 0.1) is 0 Å². The second-order valence-corrected chi connectivity index (χ2v) is 4.81. The molecule has 0 aromatic carbocycles. The van der Waals surface area contributed by atoms with Crippen LogP contribution in [0.2, 0.25) is 0 Å². The summed E-state index contributed by atoms with van der Waals surface area (Å²) in [5, 5.41) is 11.5. The van der Waals surface area contributed by atoms with Crippen LogP contribution in [0.25, 0.3) is 0 Å². The van der Waals surface area contributed by atoms with Gasteiger partial charge in [0.1, 0.15) is 0 Å². The molecule has 2 nitrogen and oxygen atoms in total. The first-order chi connectivity index (χ1) is 7.17. The Kier molecular flexibility index (Phi) is 9.12. The second-order valence-electron chi connectivity index (χ2n) is 4.81. The third kappa shape index (κ3) is 6.16. The molecule has 1 aliphatic rings. The molecule has 0 heterocycles. The van der Waals surface area contributed by atoms with Gasteiger partial charge in [0, 0.05) is 12.6 Å². The Hall–Kier alpha value is -0.0800. The summed E-state index contributed by atoms with van der Waals surface area (Å²) in [6, 6.07) is 0.806. The van der Waals surface area contributed by atoms with Gasteiger partial charge in [-0.05, 0) is 38.1 Å². The molecule has 0 saturated heterocycles. The Morgan fingerprint density at radius 3 is 2.27 bits per heavy atom. The van der Waals surface area contributed by atoms with E-state index in [1.54, 1.807) is 0 Å². The summed E-state index contributed by atoms with van der Waals surface area (Å²) in [6.45, 7) is 7.06. The highest BCUT2D eigenvalue weighted by atomic mass is 16.2. The fourth-order valence-corrected chi connectivity index (χ4v) is 2.30. The van der Waals surface area contributed by atoms with E-state index in [2.05, 4.69) is 33.1 Å². The van der Waals surface area contributed by atoms with Gasteiger partial charge in [-0.3, -0.25) is 0 Å². The highest BCUT2D eigenvalue weighted by Crippen LogP contribution is 2.30. The summed E-state index contributed by atoms with van der Waals surface area (Å²) in [5.41, 5.74) is 0. The van der Waals surface area contributed by atoms with Crippen LogP contribution in [0.4, 0.5) is 0 Å². The average molecular weight is 215 g/mol. The minimum atomic E-state index is 0.344. The fourth-order valence-electron chi connectivity index (χ4n) is 2.30. The first kappa shape index (κ1) is 14.9. The lowest BCUT2D eigenvalue weighted by Crippen LogP contribution is -2.31. The quantitative estimate of drug-likeness (QED) is 0.756. The van der Waals surface area contributed by atoms with Crippen molar-refractivity contribution < 1.29 is 5.11 Å². The van der Waals surface area contributed by atoms with E-state index >= 15 is 0 Å². The maximum absolute atomic E-state index is 8.07. The Labute approximate surface area is 95.5 Å². The van der Waals surface area contributed by atoms with Crippen molar-refractivity contribution in [1.82, 2.24) is 5.32 Å². The molecule has 2 atom stereocenters. The molecule has 2 heteroatoms. The lowest BCUT2D eigenvalue weighted by Gasteiger charge is -2.22. The molecular formula is C13H29NO. The van der Waals surface area contributed by atoms with E-state index in [0.29, 0.717) is 6.61 Å². The monoisotopic (exact) mass is 215 g/mol. The van der Waals surface area contributed by atoms with Crippen molar-refractivity contribution in [1.29, 1.82) is 0 Å². The maximum Gasteiger partial charge on any atom is 0.0430 e. The van der Waals surface area contributed by atoms with Crippen LogP contribution in [0.1, 0.15) is 52.9 Å². The number of rotatable bonds is 4. The van der Waals surface area contributed by atoms with Crippen LogP contribution in [-0.2, 0) is 0 Å². The zero-order chi connectivity index (χ0) is 11.7. The van der Waals surface area contributed by atoms with Gasteiger partial charge in [-0.15, -0.1) is 0 Å². The molecule has 15 heavy (non-hydrogen) atoms. The highest BCUT2D eigenvalue weighted by Gasteiger charge is 2.27. The minimum Gasteiger partial charge on any atom is -0.396 e. The molecule has 0 aliphatic heterocycles. The van der Waals surface area contributed by atoms with Gasteiger partial charge in [-0.1, -0.05) is 33.6 Å². The molecule has 0 amide bonds. The van der Waals surface area contributed by atoms with Gasteiger partial charge in [0.15, 0.2) is 0 Å². The summed E-state index contributed by atoms with van der Waals surface area (Å²) in [4.78, 5) is 0. The van der Waals surface area contributed by atoms with Gasteiger partial charge in [-0.2, -0.15) is 0 Å². The summed E-state index contributed by atoms with van der Waals surface area (Å²) < 4.78 is 0. The summed E-state index contributed by atoms with van der Waals surface area (Å²) in [7, 11) is 2.09. The Morgan fingerprint density at radius 2 is 2.00 bits per heavy atom. The third-order valence-corrected chi connectivity index (χ3v) is 3.31. The molecule has 0 aromatic rings. The number of nitrogens with one attached hydrogen (secondary N) is 1. The molecule has 2 unspecified atom stereocenters. The molecule has 0 spiro atoms. The van der Waals surface area contributed by atoms with Crippen molar-refractivity contribution >= 4 is 0 Å². The lowest BCUT2D eigenvalue weighted by atomic mass is 9.91. The SMILES string of the molecule is CCCCO.CNC1CCCC1C(C)C. The molecule has 1 rings (SSSR count). The van der Waals surface area contributed by atoms with Gasteiger partial charge in [0.2, 0.25) is 0 Å². The summed E-state index contributed by atoms with van der Waals surface area (Å²) in [6.07, 6.45) is 6.29. The van der Waals surface area contributed by atoms with Gasteiger partial charge < -0.3 is 10.4 Å². The number of hydrogen-bond acceptors (Lipinski definition) is 2. The zero-order valence-electron chi connectivity index (χ0n) is 10.9. The van der Waals surface area contributed by atoms with E-state index in [1.165, 1.54) is 19.3 Å². The third-order valence-electron chi connectivity index (χ3n) is 3.31. The topological polar surface area (TPSA) is 32.3 Å². The van der Waals surface area contributed by atoms with E-state index in [9.17, 15) is 0 Å². The van der Waals surface area contributed by atoms with Crippen molar-refractivity contribution in [2.24, 2.45) is 11.8 Å². The predicted octanol–water partition coefficient (Wildman–Crippen LogP) is 2.81. The van der Waals surface area contributed by atoms with Crippen molar-refractivity contribution in [2.75, 3.05) is 13.7 Å². The van der Waals surface area contributed by atoms with E-state index < -0.39 is 0 Å². The van der Waals surface area contributed by atoms with Crippen molar-refractivity contribution in [3.63, 3.8) is 0 Å². The molecular weight excluding hydrogens is 186 g/mol. The predicted molar refractivity (Wildman–Crippen MR) is 67.0 cm³/mol. The average Bonchev–Trinajstić information content (AvgIpc) is 2.67. The lowest BCUT2D eigenvalue weighted by molar-refractivity contribution is 0.287. The van der Waals surface area contributed by atoms with Crippen LogP contribution in [0.3, 0.4) is 0 Å². The summed E-state index contributed by atoms with van der Waals surface area (Å²) in [5.74, 6) is 1.80. The molecule has 0 bridgehead atoms. The van der Waals surface area contributed by atoms with Crippen LogP contribution < -0.4 is 5.32 Å². The fraction of sp³-hybridized carbons (Fsp3) is 1.00. The zero-order valence-corrected chi connectivity index (χ0v) is 10.9. The van der Waals surface area contributed by atoms with Crippen LogP contribution >= 0.6 is 0 Å². The van der Waals surface area contributed by atoms with Crippen LogP contribution in [0.15, 0.2) is 0 Å². The Morgan fingerprint density at radius 1 is 1.33 bits per heavy atom. The van der Waals surface area contributed by atoms with Crippen molar-refractivity contribution in [3.8, 4) is 0 Å². The van der Waals surface area contributed by atoms with E-state index in [4.69, 9.17) is 5.11 Å². The maximum atomic E-state index is 8.07. The van der Waals surface area contributed by atoms with E-state index in [1.807, 2.05) is 0 Å². The smallest absolute Gasteiger partial charge is 0.0430 e. The number of hydrogen-bond donors (Lipinski definition) is 2. The molecule has 0 radical (unpaired) electrons. The molecule has 1 saturated carbocycles. The Bertz CT molecular complexity index is 134. The van der Waals surface area contributed by atoms with Crippen LogP contribution in [0, 0.1) is 11.8 Å². The van der Waals surface area contributed by atoms with E-state index in [0.717, 1.165) is 30.7 Å². The first-order valence-electron chi connectivity index (χ1n) is 6.45. The molecule has 1 aliphatic carbocycles. The highest BCUT2D eigenvalue weighted by molar-refractivity contribution is 4.83. The Balaban J connectivity index is 0.000000336. The van der Waals surface area contributed by atoms with Gasteiger partial charge in [0.25, 0.3) is 0 Å². The second kappa shape index (κ2) is 9.17. The van der Waals surface area contributed by atoms with Gasteiger partial charge >= 0.3 is 0 Å². The van der Waals surface area contributed by atoms with Crippen molar-refractivity contribution in [3.05, 3.63) is 0 Å². The minimum absolute atomic E-state index is 0.344. The van der Waals surface area contributed by atoms with E-state index in [-0.39, 0.29) is 0 Å². The molecule has 1 fully saturated rings.